The molecule has 0 aromatic rings. The van der Waals surface area contributed by atoms with Crippen LogP contribution in [0.5, 0.6) is 0 Å². The topological polar surface area (TPSA) is 63.6 Å². The minimum absolute atomic E-state index is 0.385. The van der Waals surface area contributed by atoms with Gasteiger partial charge in [0.25, 0.3) is 0 Å². The number of rotatable bonds is 3. The van der Waals surface area contributed by atoms with Gasteiger partial charge in [-0.25, -0.2) is 4.79 Å². The summed E-state index contributed by atoms with van der Waals surface area (Å²) in [5.74, 6) is 0. The smallest absolute Gasteiger partial charge is 0.450 e. The quantitative estimate of drug-likeness (QED) is 0.452. The molecule has 52 valence electrons. The Morgan fingerprint density at radius 1 is 1.89 bits per heavy atom. The molecule has 0 aliphatic carbocycles. The highest BCUT2D eigenvalue weighted by atomic mass is 16.7. The Kier molecular flexibility index (Phi) is 3.43. The van der Waals surface area contributed by atoms with Gasteiger partial charge in [0.05, 0.1) is 0 Å². The summed E-state index contributed by atoms with van der Waals surface area (Å²) in [6.07, 6.45) is -1.36. The van der Waals surface area contributed by atoms with Crippen LogP contribution in [0.15, 0.2) is 0 Å². The maximum atomic E-state index is 9.88. The van der Waals surface area contributed by atoms with Crippen LogP contribution in [0.25, 0.3) is 0 Å². The lowest BCUT2D eigenvalue weighted by Crippen LogP contribution is -2.16. The van der Waals surface area contributed by atoms with Crippen LogP contribution >= 0.6 is 0 Å². The van der Waals surface area contributed by atoms with E-state index in [0.29, 0.717) is 12.7 Å². The minimum atomic E-state index is -1.41. The highest BCUT2D eigenvalue weighted by Gasteiger charge is 2.07. The second-order valence-corrected chi connectivity index (χ2v) is 1.47. The number of carbonyl (C=O) groups is 2. The summed E-state index contributed by atoms with van der Waals surface area (Å²) in [7, 11) is 0. The van der Waals surface area contributed by atoms with E-state index in [1.807, 2.05) is 0 Å². The van der Waals surface area contributed by atoms with Crippen LogP contribution in [-0.2, 0) is 9.53 Å². The Hall–Kier alpha value is -1.06. The number of hydrogen-bond donors (Lipinski definition) is 1. The maximum absolute atomic E-state index is 9.88. The fourth-order valence-electron chi connectivity index (χ4n) is 0.337. The van der Waals surface area contributed by atoms with Gasteiger partial charge in [-0.1, -0.05) is 6.92 Å². The number of aldehydes is 1. The molecule has 0 spiro atoms. The van der Waals surface area contributed by atoms with Gasteiger partial charge in [0, 0.05) is 0 Å². The third-order valence-corrected chi connectivity index (χ3v) is 0.806. The molecule has 4 heteroatoms. The molecule has 0 heterocycles. The summed E-state index contributed by atoms with van der Waals surface area (Å²) >= 11 is 0. The van der Waals surface area contributed by atoms with Crippen molar-refractivity contribution in [1.29, 1.82) is 0 Å². The SMILES string of the molecule is CCC(C=O)OC(=O)O. The van der Waals surface area contributed by atoms with Gasteiger partial charge >= 0.3 is 6.16 Å². The first-order valence-corrected chi connectivity index (χ1v) is 2.55. The second kappa shape index (κ2) is 3.88. The van der Waals surface area contributed by atoms with Crippen molar-refractivity contribution in [3.63, 3.8) is 0 Å². The molecule has 0 aliphatic rings. The van der Waals surface area contributed by atoms with Crippen LogP contribution in [0.2, 0.25) is 0 Å². The first-order valence-electron chi connectivity index (χ1n) is 2.55. The molecule has 0 rings (SSSR count). The second-order valence-electron chi connectivity index (χ2n) is 1.47. The molecule has 1 unspecified atom stereocenters. The predicted octanol–water partition coefficient (Wildman–Crippen LogP) is 0.659. The Labute approximate surface area is 52.4 Å². The monoisotopic (exact) mass is 132 g/mol. The van der Waals surface area contributed by atoms with Gasteiger partial charge in [-0.05, 0) is 6.42 Å². The van der Waals surface area contributed by atoms with Crippen molar-refractivity contribution in [3.8, 4) is 0 Å². The van der Waals surface area contributed by atoms with Gasteiger partial charge in [-0.2, -0.15) is 0 Å². The first kappa shape index (κ1) is 7.94. The minimum Gasteiger partial charge on any atom is -0.450 e. The van der Waals surface area contributed by atoms with Crippen LogP contribution < -0.4 is 0 Å². The average Bonchev–Trinajstić information content (AvgIpc) is 1.82. The van der Waals surface area contributed by atoms with Crippen molar-refractivity contribution in [2.75, 3.05) is 0 Å². The fourth-order valence-corrected chi connectivity index (χ4v) is 0.337. The van der Waals surface area contributed by atoms with Crippen molar-refractivity contribution in [1.82, 2.24) is 0 Å². The Bertz CT molecular complexity index is 110. The highest BCUT2D eigenvalue weighted by molar-refractivity contribution is 5.64. The number of ether oxygens (including phenoxy) is 1. The number of carbonyl (C=O) groups excluding carboxylic acids is 1. The van der Waals surface area contributed by atoms with Crippen molar-refractivity contribution >= 4 is 12.4 Å². The number of carboxylic acid groups (broad SMARTS) is 1. The van der Waals surface area contributed by atoms with E-state index in [9.17, 15) is 9.59 Å². The van der Waals surface area contributed by atoms with Crippen LogP contribution in [0.4, 0.5) is 4.79 Å². The molecular formula is C5H8O4. The van der Waals surface area contributed by atoms with Crippen LogP contribution in [0.1, 0.15) is 13.3 Å². The summed E-state index contributed by atoms with van der Waals surface area (Å²) in [4.78, 5) is 19.6. The normalized spacial score (nSPS) is 12.1. The van der Waals surface area contributed by atoms with E-state index in [1.54, 1.807) is 6.92 Å². The molecule has 4 nitrogen and oxygen atoms in total. The molecule has 1 N–H and O–H groups in total. The van der Waals surface area contributed by atoms with Crippen molar-refractivity contribution in [2.45, 2.75) is 19.4 Å². The van der Waals surface area contributed by atoms with E-state index in [-0.39, 0.29) is 0 Å². The fraction of sp³-hybridized carbons (Fsp3) is 0.600. The summed E-state index contributed by atoms with van der Waals surface area (Å²) in [5.41, 5.74) is 0. The molecule has 9 heavy (non-hydrogen) atoms. The van der Waals surface area contributed by atoms with Crippen LogP contribution in [0.3, 0.4) is 0 Å². The highest BCUT2D eigenvalue weighted by Crippen LogP contribution is 1.92. The summed E-state index contributed by atoms with van der Waals surface area (Å²) < 4.78 is 4.10. The molecular weight excluding hydrogens is 124 g/mol. The molecule has 0 amide bonds. The van der Waals surface area contributed by atoms with Crippen LogP contribution in [0, 0.1) is 0 Å². The Morgan fingerprint density at radius 3 is 2.56 bits per heavy atom. The zero-order valence-corrected chi connectivity index (χ0v) is 5.03. The molecule has 0 bridgehead atoms. The van der Waals surface area contributed by atoms with Crippen molar-refractivity contribution in [2.24, 2.45) is 0 Å². The molecule has 0 radical (unpaired) electrons. The van der Waals surface area contributed by atoms with Gasteiger partial charge in [-0.3, -0.25) is 4.79 Å². The number of hydrogen-bond acceptors (Lipinski definition) is 3. The van der Waals surface area contributed by atoms with E-state index in [1.165, 1.54) is 0 Å². The third kappa shape index (κ3) is 3.52. The van der Waals surface area contributed by atoms with E-state index >= 15 is 0 Å². The molecule has 0 saturated heterocycles. The molecule has 0 aromatic heterocycles. The standard InChI is InChI=1S/C5H8O4/c1-2-4(3-6)9-5(7)8/h3-4H,2H2,1H3,(H,7,8). The zero-order chi connectivity index (χ0) is 7.28. The maximum Gasteiger partial charge on any atom is 0.506 e. The summed E-state index contributed by atoms with van der Waals surface area (Å²) in [6.45, 7) is 1.67. The molecule has 0 fully saturated rings. The summed E-state index contributed by atoms with van der Waals surface area (Å²) in [5, 5.41) is 7.96. The van der Waals surface area contributed by atoms with E-state index in [0.717, 1.165) is 0 Å². The Morgan fingerprint density at radius 2 is 2.44 bits per heavy atom. The van der Waals surface area contributed by atoms with Crippen LogP contribution in [-0.4, -0.2) is 23.7 Å². The third-order valence-electron chi connectivity index (χ3n) is 0.806. The molecule has 0 aromatic carbocycles. The molecule has 0 aliphatic heterocycles. The van der Waals surface area contributed by atoms with Gasteiger partial charge in [-0.15, -0.1) is 0 Å². The average molecular weight is 132 g/mol. The lowest BCUT2D eigenvalue weighted by Gasteiger charge is -2.03. The van der Waals surface area contributed by atoms with Gasteiger partial charge in [0.1, 0.15) is 0 Å². The van der Waals surface area contributed by atoms with Gasteiger partial charge in [0.15, 0.2) is 12.4 Å². The zero-order valence-electron chi connectivity index (χ0n) is 5.03. The lowest BCUT2D eigenvalue weighted by molar-refractivity contribution is -0.116. The van der Waals surface area contributed by atoms with E-state index < -0.39 is 12.3 Å². The summed E-state index contributed by atoms with van der Waals surface area (Å²) in [6, 6.07) is 0. The van der Waals surface area contributed by atoms with Gasteiger partial charge < -0.3 is 9.84 Å². The lowest BCUT2D eigenvalue weighted by atomic mass is 10.3. The Balaban J connectivity index is 3.55. The van der Waals surface area contributed by atoms with E-state index in [4.69, 9.17) is 5.11 Å². The first-order chi connectivity index (χ1) is 4.20. The molecule has 1 atom stereocenters. The van der Waals surface area contributed by atoms with Gasteiger partial charge in [0.2, 0.25) is 0 Å². The van der Waals surface area contributed by atoms with Crippen molar-refractivity contribution in [3.05, 3.63) is 0 Å². The predicted molar refractivity (Wildman–Crippen MR) is 29.3 cm³/mol. The largest absolute Gasteiger partial charge is 0.506 e. The van der Waals surface area contributed by atoms with Crippen molar-refractivity contribution < 1.29 is 19.4 Å². The molecule has 0 saturated carbocycles. The van der Waals surface area contributed by atoms with E-state index in [2.05, 4.69) is 4.74 Å².